The van der Waals surface area contributed by atoms with E-state index in [0.717, 1.165) is 12.8 Å². The maximum absolute atomic E-state index is 12.2. The minimum absolute atomic E-state index is 0.325. The molecule has 2 atom stereocenters. The largest absolute Gasteiger partial charge is 0.469 e. The van der Waals surface area contributed by atoms with Crippen LogP contribution in [0.2, 0.25) is 0 Å². The Labute approximate surface area is 113 Å². The Hall–Kier alpha value is -1.43. The van der Waals surface area contributed by atoms with Crippen LogP contribution in [0.3, 0.4) is 0 Å². The van der Waals surface area contributed by atoms with Gasteiger partial charge in [0.05, 0.1) is 20.6 Å². The third-order valence-electron chi connectivity index (χ3n) is 2.85. The molecule has 0 rings (SSSR count). The van der Waals surface area contributed by atoms with E-state index in [4.69, 9.17) is 4.74 Å². The topological polar surface area (TPSA) is 78.9 Å². The number of hydrogen-bond donors (Lipinski definition) is 0. The number of carbonyl (C=O) groups is 3. The fourth-order valence-electron chi connectivity index (χ4n) is 1.68. The second-order valence-corrected chi connectivity index (χ2v) is 4.12. The molecule has 0 amide bonds. The van der Waals surface area contributed by atoms with E-state index in [1.807, 2.05) is 6.92 Å². The van der Waals surface area contributed by atoms with Crippen molar-refractivity contribution in [2.24, 2.45) is 5.92 Å². The molecule has 110 valence electrons. The van der Waals surface area contributed by atoms with Crippen LogP contribution in [0.4, 0.5) is 0 Å². The molecule has 0 aliphatic heterocycles. The van der Waals surface area contributed by atoms with Crippen molar-refractivity contribution in [3.8, 4) is 0 Å². The number of Topliss-reactive ketones (excluding diaryl/α,β-unsaturated/α-hetero) is 1. The molecule has 0 heterocycles. The zero-order chi connectivity index (χ0) is 14.8. The number of carbonyl (C=O) groups excluding carboxylic acids is 3. The van der Waals surface area contributed by atoms with Gasteiger partial charge >= 0.3 is 11.9 Å². The fraction of sp³-hybridized carbons (Fsp3) is 0.769. The quantitative estimate of drug-likeness (QED) is 0.463. The minimum atomic E-state index is -1.17. The lowest BCUT2D eigenvalue weighted by Gasteiger charge is -2.19. The predicted molar refractivity (Wildman–Crippen MR) is 67.5 cm³/mol. The zero-order valence-corrected chi connectivity index (χ0v) is 11.9. The van der Waals surface area contributed by atoms with E-state index in [1.54, 1.807) is 0 Å². The molecule has 0 aliphatic carbocycles. The molecule has 0 aromatic heterocycles. The second kappa shape index (κ2) is 9.49. The van der Waals surface area contributed by atoms with E-state index in [-0.39, 0.29) is 6.42 Å². The molecule has 6 heteroatoms. The molecule has 19 heavy (non-hydrogen) atoms. The lowest BCUT2D eigenvalue weighted by atomic mass is 9.93. The van der Waals surface area contributed by atoms with Crippen molar-refractivity contribution in [2.45, 2.75) is 38.7 Å². The number of ketones is 1. The molecule has 0 fully saturated rings. The summed E-state index contributed by atoms with van der Waals surface area (Å²) in [5.74, 6) is -2.98. The summed E-state index contributed by atoms with van der Waals surface area (Å²) < 4.78 is 14.1. The Morgan fingerprint density at radius 2 is 1.68 bits per heavy atom. The number of esters is 2. The van der Waals surface area contributed by atoms with E-state index in [9.17, 15) is 14.4 Å². The highest BCUT2D eigenvalue weighted by atomic mass is 16.5. The van der Waals surface area contributed by atoms with Crippen molar-refractivity contribution < 1.29 is 28.6 Å². The van der Waals surface area contributed by atoms with Crippen molar-refractivity contribution in [3.05, 3.63) is 0 Å². The maximum atomic E-state index is 12.2. The average molecular weight is 274 g/mol. The van der Waals surface area contributed by atoms with Crippen LogP contribution in [0.5, 0.6) is 0 Å². The Morgan fingerprint density at radius 1 is 1.05 bits per heavy atom. The Morgan fingerprint density at radius 3 is 2.11 bits per heavy atom. The minimum Gasteiger partial charge on any atom is -0.469 e. The summed E-state index contributed by atoms with van der Waals surface area (Å²) in [5, 5.41) is 0. The predicted octanol–water partition coefficient (Wildman–Crippen LogP) is 1.11. The zero-order valence-electron chi connectivity index (χ0n) is 11.9. The van der Waals surface area contributed by atoms with Crippen LogP contribution in [0.15, 0.2) is 0 Å². The molecule has 0 bridgehead atoms. The molecular weight excluding hydrogens is 252 g/mol. The first-order chi connectivity index (χ1) is 9.01. The fourth-order valence-corrected chi connectivity index (χ4v) is 1.68. The van der Waals surface area contributed by atoms with Crippen molar-refractivity contribution in [1.82, 2.24) is 0 Å². The average Bonchev–Trinajstić information content (AvgIpc) is 2.43. The van der Waals surface area contributed by atoms with Crippen molar-refractivity contribution in [2.75, 3.05) is 21.3 Å². The molecule has 0 aliphatic rings. The van der Waals surface area contributed by atoms with Gasteiger partial charge < -0.3 is 14.2 Å². The Bertz CT molecular complexity index is 312. The van der Waals surface area contributed by atoms with E-state index < -0.39 is 29.7 Å². The summed E-state index contributed by atoms with van der Waals surface area (Å²) >= 11 is 0. The lowest BCUT2D eigenvalue weighted by molar-refractivity contribution is -0.158. The van der Waals surface area contributed by atoms with Gasteiger partial charge in [0.25, 0.3) is 0 Å². The Balaban J connectivity index is 4.85. The summed E-state index contributed by atoms with van der Waals surface area (Å²) in [6.45, 7) is 1.99. The molecule has 0 aromatic carbocycles. The summed E-state index contributed by atoms with van der Waals surface area (Å²) in [4.78, 5) is 35.0. The molecule has 6 nitrogen and oxygen atoms in total. The van der Waals surface area contributed by atoms with Crippen LogP contribution in [0, 0.1) is 5.92 Å². The van der Waals surface area contributed by atoms with Gasteiger partial charge in [-0.1, -0.05) is 19.8 Å². The Kier molecular flexibility index (Phi) is 8.78. The normalized spacial score (nSPS) is 13.5. The molecule has 0 aromatic rings. The highest BCUT2D eigenvalue weighted by Crippen LogP contribution is 2.16. The SMILES string of the molecule is CCCCC(OC)C(=O)[C@H](CC(=O)OC)C(=O)OC. The molecule has 1 unspecified atom stereocenters. The van der Waals surface area contributed by atoms with E-state index in [0.29, 0.717) is 6.42 Å². The monoisotopic (exact) mass is 274 g/mol. The highest BCUT2D eigenvalue weighted by molar-refractivity contribution is 6.03. The van der Waals surface area contributed by atoms with Gasteiger partial charge in [0.15, 0.2) is 5.78 Å². The van der Waals surface area contributed by atoms with Crippen molar-refractivity contribution in [3.63, 3.8) is 0 Å². The maximum Gasteiger partial charge on any atom is 0.316 e. The van der Waals surface area contributed by atoms with Crippen molar-refractivity contribution in [1.29, 1.82) is 0 Å². The van der Waals surface area contributed by atoms with E-state index in [2.05, 4.69) is 9.47 Å². The van der Waals surface area contributed by atoms with Crippen molar-refractivity contribution >= 4 is 17.7 Å². The van der Waals surface area contributed by atoms with Gasteiger partial charge in [0.1, 0.15) is 12.0 Å². The van der Waals surface area contributed by atoms with Gasteiger partial charge in [0, 0.05) is 7.11 Å². The summed E-state index contributed by atoms with van der Waals surface area (Å²) in [6.07, 6.45) is 1.20. The second-order valence-electron chi connectivity index (χ2n) is 4.12. The number of rotatable bonds is 9. The smallest absolute Gasteiger partial charge is 0.316 e. The van der Waals surface area contributed by atoms with Gasteiger partial charge in [-0.3, -0.25) is 14.4 Å². The standard InChI is InChI=1S/C13H22O6/c1-5-6-7-10(17-2)12(15)9(13(16)19-4)8-11(14)18-3/h9-10H,5-8H2,1-4H3/t9-,10?/m0/s1. The number of hydrogen-bond acceptors (Lipinski definition) is 6. The number of unbranched alkanes of at least 4 members (excludes halogenated alkanes) is 1. The molecule has 0 saturated heterocycles. The molecule has 0 radical (unpaired) electrons. The molecular formula is C13H22O6. The third kappa shape index (κ3) is 5.83. The summed E-state index contributed by atoms with van der Waals surface area (Å²) in [6, 6.07) is 0. The highest BCUT2D eigenvalue weighted by Gasteiger charge is 2.35. The third-order valence-corrected chi connectivity index (χ3v) is 2.85. The van der Waals surface area contributed by atoms with Gasteiger partial charge in [0.2, 0.25) is 0 Å². The number of ether oxygens (including phenoxy) is 3. The van der Waals surface area contributed by atoms with Crippen LogP contribution < -0.4 is 0 Å². The lowest BCUT2D eigenvalue weighted by Crippen LogP contribution is -2.36. The first-order valence-electron chi connectivity index (χ1n) is 6.22. The van der Waals surface area contributed by atoms with Gasteiger partial charge in [-0.05, 0) is 6.42 Å². The van der Waals surface area contributed by atoms with Crippen LogP contribution in [0.25, 0.3) is 0 Å². The van der Waals surface area contributed by atoms with Gasteiger partial charge in [-0.2, -0.15) is 0 Å². The summed E-state index contributed by atoms with van der Waals surface area (Å²) in [5.41, 5.74) is 0. The van der Waals surface area contributed by atoms with Crippen LogP contribution in [-0.2, 0) is 28.6 Å². The van der Waals surface area contributed by atoms with Crippen LogP contribution in [0.1, 0.15) is 32.6 Å². The first-order valence-corrected chi connectivity index (χ1v) is 6.22. The molecule has 0 N–H and O–H groups in total. The number of methoxy groups -OCH3 is 3. The van der Waals surface area contributed by atoms with Gasteiger partial charge in [-0.15, -0.1) is 0 Å². The van der Waals surface area contributed by atoms with E-state index in [1.165, 1.54) is 21.3 Å². The molecule has 0 saturated carbocycles. The summed E-state index contributed by atoms with van der Waals surface area (Å²) in [7, 11) is 3.78. The first kappa shape index (κ1) is 17.6. The van der Waals surface area contributed by atoms with Gasteiger partial charge in [-0.25, -0.2) is 0 Å². The molecule has 0 spiro atoms. The van der Waals surface area contributed by atoms with Crippen LogP contribution >= 0.6 is 0 Å². The van der Waals surface area contributed by atoms with Crippen LogP contribution in [-0.4, -0.2) is 45.2 Å². The van der Waals surface area contributed by atoms with E-state index >= 15 is 0 Å².